The van der Waals surface area contributed by atoms with Gasteiger partial charge in [-0.3, -0.25) is 4.55 Å². The van der Waals surface area contributed by atoms with Crippen LogP contribution in [0.15, 0.2) is 40.8 Å². The number of hydrogen-bond acceptors (Lipinski definition) is 6. The zero-order valence-electron chi connectivity index (χ0n) is 13.7. The molecule has 0 bridgehead atoms. The summed E-state index contributed by atoms with van der Waals surface area (Å²) in [6.45, 7) is 5.33. The molecule has 24 heavy (non-hydrogen) atoms. The number of rotatable bonds is 3. The second-order valence-electron chi connectivity index (χ2n) is 5.24. The van der Waals surface area contributed by atoms with E-state index in [1.165, 1.54) is 18.2 Å². The van der Waals surface area contributed by atoms with E-state index in [-0.39, 0.29) is 10.9 Å². The fourth-order valence-corrected chi connectivity index (χ4v) is 2.45. The maximum absolute atomic E-state index is 11.0. The van der Waals surface area contributed by atoms with Crippen LogP contribution in [0.1, 0.15) is 18.9 Å². The highest BCUT2D eigenvalue weighted by atomic mass is 32.2. The third-order valence-corrected chi connectivity index (χ3v) is 4.13. The van der Waals surface area contributed by atoms with Crippen molar-refractivity contribution in [3.8, 4) is 0 Å². The lowest BCUT2D eigenvalue weighted by molar-refractivity contribution is -0.137. The maximum atomic E-state index is 11.0. The van der Waals surface area contributed by atoms with Gasteiger partial charge < -0.3 is 15.2 Å². The van der Waals surface area contributed by atoms with Gasteiger partial charge >= 0.3 is 5.97 Å². The van der Waals surface area contributed by atoms with Crippen molar-refractivity contribution >= 4 is 16.1 Å². The Morgan fingerprint density at radius 1 is 1.38 bits per heavy atom. The number of ether oxygens (including phenoxy) is 1. The molecule has 3 N–H and O–H groups in total. The molecule has 1 heterocycles. The van der Waals surface area contributed by atoms with Crippen LogP contribution in [-0.4, -0.2) is 49.8 Å². The molecule has 1 aliphatic heterocycles. The Kier molecular flexibility index (Phi) is 8.06. The molecular weight excluding hydrogens is 334 g/mol. The Hall–Kier alpha value is -1.74. The van der Waals surface area contributed by atoms with Gasteiger partial charge in [-0.2, -0.15) is 8.42 Å². The Labute approximate surface area is 142 Å². The van der Waals surface area contributed by atoms with Crippen molar-refractivity contribution in [3.05, 3.63) is 41.5 Å². The zero-order valence-corrected chi connectivity index (χ0v) is 14.5. The van der Waals surface area contributed by atoms with Gasteiger partial charge in [0.25, 0.3) is 10.1 Å². The van der Waals surface area contributed by atoms with Crippen LogP contribution >= 0.6 is 0 Å². The molecule has 0 aliphatic carbocycles. The number of aliphatic hydroxyl groups is 1. The molecule has 0 saturated carbocycles. The third kappa shape index (κ3) is 7.22. The van der Waals surface area contributed by atoms with Crippen molar-refractivity contribution in [2.24, 2.45) is 0 Å². The Morgan fingerprint density at radius 3 is 2.50 bits per heavy atom. The topological polar surface area (TPSA) is 113 Å². The van der Waals surface area contributed by atoms with Crippen molar-refractivity contribution in [2.45, 2.75) is 31.3 Å². The third-order valence-electron chi connectivity index (χ3n) is 3.26. The van der Waals surface area contributed by atoms with Crippen LogP contribution in [0.5, 0.6) is 0 Å². The van der Waals surface area contributed by atoms with Crippen LogP contribution < -0.4 is 5.32 Å². The Balaban J connectivity index is 0.000000243. The molecule has 1 aromatic carbocycles. The quantitative estimate of drug-likeness (QED) is 0.421. The molecule has 7 nitrogen and oxygen atoms in total. The van der Waals surface area contributed by atoms with Crippen LogP contribution in [0.25, 0.3) is 0 Å². The lowest BCUT2D eigenvalue weighted by Gasteiger charge is -2.21. The summed E-state index contributed by atoms with van der Waals surface area (Å²) < 4.78 is 34.3. The number of esters is 1. The van der Waals surface area contributed by atoms with Crippen LogP contribution in [0.3, 0.4) is 0 Å². The molecule has 0 spiro atoms. The van der Waals surface area contributed by atoms with E-state index < -0.39 is 16.2 Å². The van der Waals surface area contributed by atoms with Crippen molar-refractivity contribution < 1.29 is 27.6 Å². The van der Waals surface area contributed by atoms with E-state index in [4.69, 9.17) is 9.29 Å². The average molecular weight is 357 g/mol. The number of piperidine rings is 1. The first-order valence-electron chi connectivity index (χ1n) is 7.54. The summed E-state index contributed by atoms with van der Waals surface area (Å²) in [6, 6.07) is 5.99. The highest BCUT2D eigenvalue weighted by Crippen LogP contribution is 2.10. The molecule has 2 rings (SSSR count). The lowest BCUT2D eigenvalue weighted by Crippen LogP contribution is -2.33. The fourth-order valence-electron chi connectivity index (χ4n) is 1.97. The van der Waals surface area contributed by atoms with Gasteiger partial charge in [0.05, 0.1) is 17.6 Å². The van der Waals surface area contributed by atoms with Crippen molar-refractivity contribution in [1.82, 2.24) is 5.32 Å². The molecule has 134 valence electrons. The molecule has 0 amide bonds. The number of hydrogen-bond donors (Lipinski definition) is 3. The number of benzene rings is 1. The first kappa shape index (κ1) is 20.3. The molecular formula is C16H23NO6S. The minimum absolute atomic E-state index is 0.0666. The normalized spacial score (nSPS) is 19.3. The summed E-state index contributed by atoms with van der Waals surface area (Å²) in [5.41, 5.74) is 1.67. The van der Waals surface area contributed by atoms with Crippen LogP contribution in [0, 0.1) is 6.92 Å². The Morgan fingerprint density at radius 2 is 2.00 bits per heavy atom. The number of nitrogens with one attached hydrogen (secondary N) is 1. The van der Waals surface area contributed by atoms with Crippen LogP contribution in [0.4, 0.5) is 0 Å². The molecule has 8 heteroatoms. The maximum Gasteiger partial charge on any atom is 0.330 e. The van der Waals surface area contributed by atoms with E-state index in [2.05, 4.69) is 5.32 Å². The number of aryl methyl sites for hydroxylation is 1. The molecule has 1 fully saturated rings. The van der Waals surface area contributed by atoms with Crippen molar-refractivity contribution in [3.63, 3.8) is 0 Å². The van der Waals surface area contributed by atoms with Crippen molar-refractivity contribution in [2.75, 3.05) is 19.7 Å². The largest absolute Gasteiger partial charge is 0.463 e. The average Bonchev–Trinajstić information content (AvgIpc) is 2.50. The molecule has 0 radical (unpaired) electrons. The van der Waals surface area contributed by atoms with E-state index in [0.717, 1.165) is 12.1 Å². The van der Waals surface area contributed by atoms with E-state index in [0.29, 0.717) is 25.1 Å². The predicted molar refractivity (Wildman–Crippen MR) is 89.2 cm³/mol. The van der Waals surface area contributed by atoms with Gasteiger partial charge in [0.1, 0.15) is 0 Å². The summed E-state index contributed by atoms with van der Waals surface area (Å²) in [7, 11) is -4.02. The van der Waals surface area contributed by atoms with Crippen molar-refractivity contribution in [1.29, 1.82) is 0 Å². The highest BCUT2D eigenvalue weighted by Gasteiger charge is 2.16. The van der Waals surface area contributed by atoms with E-state index >= 15 is 0 Å². The van der Waals surface area contributed by atoms with E-state index in [9.17, 15) is 18.3 Å². The van der Waals surface area contributed by atoms with Crippen LogP contribution in [0.2, 0.25) is 0 Å². The predicted octanol–water partition coefficient (Wildman–Crippen LogP) is 1.07. The summed E-state index contributed by atoms with van der Waals surface area (Å²) in [6.07, 6.45) is 1.54. The molecule has 1 atom stereocenters. The molecule has 1 aliphatic rings. The van der Waals surface area contributed by atoms with Gasteiger partial charge in [0.2, 0.25) is 0 Å². The second kappa shape index (κ2) is 9.53. The second-order valence-corrected chi connectivity index (χ2v) is 6.66. The minimum atomic E-state index is -4.02. The first-order valence-corrected chi connectivity index (χ1v) is 8.98. The molecule has 1 unspecified atom stereocenters. The monoisotopic (exact) mass is 357 g/mol. The van der Waals surface area contributed by atoms with E-state index in [1.807, 2.05) is 6.92 Å². The summed E-state index contributed by atoms with van der Waals surface area (Å²) in [5, 5.41) is 12.5. The number of carbonyl (C=O) groups is 1. The molecule has 0 aromatic heterocycles. The number of carbonyl (C=O) groups excluding carboxylic acids is 1. The standard InChI is InChI=1S/C9H15NO3.C7H8O3S/c1-2-13-9(12)5-7-6-10-4-3-8(7)11;1-6-2-4-7(5-3-6)11(8,9)10/h5,8,10-11H,2-4,6H2,1H3;2-5H,1H3,(H,8,9,10). The van der Waals surface area contributed by atoms with Gasteiger partial charge in [-0.1, -0.05) is 17.7 Å². The first-order chi connectivity index (χ1) is 11.2. The molecule has 1 aromatic rings. The van der Waals surface area contributed by atoms with Gasteiger partial charge in [-0.25, -0.2) is 4.79 Å². The van der Waals surface area contributed by atoms with Gasteiger partial charge in [0, 0.05) is 12.6 Å². The SMILES string of the molecule is CCOC(=O)C=C1CNCCC1O.Cc1ccc(S(=O)(=O)O)cc1. The fraction of sp³-hybridized carbons (Fsp3) is 0.438. The van der Waals surface area contributed by atoms with Crippen LogP contribution in [-0.2, 0) is 19.6 Å². The minimum Gasteiger partial charge on any atom is -0.463 e. The summed E-state index contributed by atoms with van der Waals surface area (Å²) in [5.74, 6) is -0.375. The van der Waals surface area contributed by atoms with Gasteiger partial charge in [-0.05, 0) is 44.5 Å². The van der Waals surface area contributed by atoms with Gasteiger partial charge in [-0.15, -0.1) is 0 Å². The van der Waals surface area contributed by atoms with E-state index in [1.54, 1.807) is 19.1 Å². The highest BCUT2D eigenvalue weighted by molar-refractivity contribution is 7.85. The Bertz CT molecular complexity index is 666. The number of aliphatic hydroxyl groups excluding tert-OH is 1. The summed E-state index contributed by atoms with van der Waals surface area (Å²) in [4.78, 5) is 11.0. The molecule has 1 saturated heterocycles. The lowest BCUT2D eigenvalue weighted by atomic mass is 10.0. The summed E-state index contributed by atoms with van der Waals surface area (Å²) >= 11 is 0. The zero-order chi connectivity index (χ0) is 18.2. The van der Waals surface area contributed by atoms with Gasteiger partial charge in [0.15, 0.2) is 0 Å². The smallest absolute Gasteiger partial charge is 0.330 e.